The standard InChI is InChI=1S/C22H19NO3/c1-25-20-11-8-18(9-12-20)16-22(24)26-21-13-6-17(7-14-21)5-10-19-4-2-3-15-23-19/h2-15H,16H2,1H3/b10-5+. The molecule has 1 heterocycles. The number of hydrogen-bond acceptors (Lipinski definition) is 4. The number of ether oxygens (including phenoxy) is 2. The lowest BCUT2D eigenvalue weighted by molar-refractivity contribution is -0.133. The number of benzene rings is 2. The Hall–Kier alpha value is -3.40. The van der Waals surface area contributed by atoms with Crippen molar-refractivity contribution >= 4 is 18.1 Å². The Morgan fingerprint density at radius 2 is 1.65 bits per heavy atom. The highest BCUT2D eigenvalue weighted by molar-refractivity contribution is 5.75. The largest absolute Gasteiger partial charge is 0.497 e. The van der Waals surface area contributed by atoms with Gasteiger partial charge in [-0.25, -0.2) is 0 Å². The van der Waals surface area contributed by atoms with Gasteiger partial charge in [0, 0.05) is 6.20 Å². The Kier molecular flexibility index (Phi) is 5.78. The first kappa shape index (κ1) is 17.4. The highest BCUT2D eigenvalue weighted by Crippen LogP contribution is 2.16. The zero-order valence-electron chi connectivity index (χ0n) is 14.5. The number of pyridine rings is 1. The van der Waals surface area contributed by atoms with Gasteiger partial charge in [0.15, 0.2) is 0 Å². The number of nitrogens with zero attached hydrogens (tertiary/aromatic N) is 1. The minimum Gasteiger partial charge on any atom is -0.497 e. The number of hydrogen-bond donors (Lipinski definition) is 0. The molecule has 0 amide bonds. The van der Waals surface area contributed by atoms with Crippen LogP contribution in [-0.2, 0) is 11.2 Å². The molecule has 1 aromatic heterocycles. The molecule has 4 nitrogen and oxygen atoms in total. The Morgan fingerprint density at radius 3 is 2.31 bits per heavy atom. The molecule has 0 saturated carbocycles. The molecule has 0 N–H and O–H groups in total. The number of rotatable bonds is 6. The van der Waals surface area contributed by atoms with Gasteiger partial charge in [0.05, 0.1) is 19.2 Å². The van der Waals surface area contributed by atoms with E-state index in [0.29, 0.717) is 5.75 Å². The second kappa shape index (κ2) is 8.62. The molecule has 0 bridgehead atoms. The van der Waals surface area contributed by atoms with Crippen LogP contribution in [0, 0.1) is 0 Å². The third-order valence-corrected chi connectivity index (χ3v) is 3.75. The smallest absolute Gasteiger partial charge is 0.315 e. The topological polar surface area (TPSA) is 48.4 Å². The second-order valence-electron chi connectivity index (χ2n) is 5.66. The lowest BCUT2D eigenvalue weighted by atomic mass is 10.1. The van der Waals surface area contributed by atoms with E-state index in [1.807, 2.05) is 66.7 Å². The van der Waals surface area contributed by atoms with Crippen molar-refractivity contribution < 1.29 is 14.3 Å². The van der Waals surface area contributed by atoms with Crippen molar-refractivity contribution in [3.05, 3.63) is 89.7 Å². The average molecular weight is 345 g/mol. The fourth-order valence-corrected chi connectivity index (χ4v) is 2.38. The zero-order valence-corrected chi connectivity index (χ0v) is 14.5. The van der Waals surface area contributed by atoms with Crippen LogP contribution in [0.2, 0.25) is 0 Å². The van der Waals surface area contributed by atoms with E-state index in [-0.39, 0.29) is 12.4 Å². The average Bonchev–Trinajstić information content (AvgIpc) is 2.69. The van der Waals surface area contributed by atoms with Gasteiger partial charge in [-0.05, 0) is 53.6 Å². The summed E-state index contributed by atoms with van der Waals surface area (Å²) in [5, 5.41) is 0. The summed E-state index contributed by atoms with van der Waals surface area (Å²) < 4.78 is 10.5. The van der Waals surface area contributed by atoms with Crippen molar-refractivity contribution in [2.45, 2.75) is 6.42 Å². The van der Waals surface area contributed by atoms with Crippen molar-refractivity contribution in [3.63, 3.8) is 0 Å². The van der Waals surface area contributed by atoms with E-state index in [1.54, 1.807) is 25.4 Å². The maximum atomic E-state index is 12.1. The molecular weight excluding hydrogens is 326 g/mol. The van der Waals surface area contributed by atoms with Gasteiger partial charge in [0.25, 0.3) is 0 Å². The van der Waals surface area contributed by atoms with E-state index in [1.165, 1.54) is 0 Å². The summed E-state index contributed by atoms with van der Waals surface area (Å²) in [6.45, 7) is 0. The van der Waals surface area contributed by atoms with Gasteiger partial charge < -0.3 is 9.47 Å². The molecule has 0 saturated heterocycles. The van der Waals surface area contributed by atoms with Crippen molar-refractivity contribution in [2.24, 2.45) is 0 Å². The van der Waals surface area contributed by atoms with E-state index in [4.69, 9.17) is 9.47 Å². The van der Waals surface area contributed by atoms with E-state index in [2.05, 4.69) is 4.98 Å². The fraction of sp³-hybridized carbons (Fsp3) is 0.0909. The van der Waals surface area contributed by atoms with Gasteiger partial charge in [-0.1, -0.05) is 36.4 Å². The molecule has 0 aliphatic heterocycles. The van der Waals surface area contributed by atoms with Crippen LogP contribution in [-0.4, -0.2) is 18.1 Å². The van der Waals surface area contributed by atoms with Crippen LogP contribution in [0.25, 0.3) is 12.2 Å². The van der Waals surface area contributed by atoms with E-state index >= 15 is 0 Å². The lowest BCUT2D eigenvalue weighted by Crippen LogP contribution is -2.11. The Labute approximate surface area is 152 Å². The van der Waals surface area contributed by atoms with Crippen molar-refractivity contribution in [1.82, 2.24) is 4.98 Å². The predicted octanol–water partition coefficient (Wildman–Crippen LogP) is 4.41. The highest BCUT2D eigenvalue weighted by Gasteiger charge is 2.06. The maximum Gasteiger partial charge on any atom is 0.315 e. The van der Waals surface area contributed by atoms with E-state index < -0.39 is 0 Å². The Morgan fingerprint density at radius 1 is 0.923 bits per heavy atom. The summed E-state index contributed by atoms with van der Waals surface area (Å²) in [5.41, 5.74) is 2.78. The minimum absolute atomic E-state index is 0.214. The van der Waals surface area contributed by atoms with Crippen LogP contribution in [0.4, 0.5) is 0 Å². The first-order valence-corrected chi connectivity index (χ1v) is 8.26. The summed E-state index contributed by atoms with van der Waals surface area (Å²) >= 11 is 0. The molecule has 0 aliphatic carbocycles. The summed E-state index contributed by atoms with van der Waals surface area (Å²) in [5.74, 6) is 0.988. The van der Waals surface area contributed by atoms with Gasteiger partial charge >= 0.3 is 5.97 Å². The monoisotopic (exact) mass is 345 g/mol. The van der Waals surface area contributed by atoms with Crippen molar-refractivity contribution in [3.8, 4) is 11.5 Å². The Bertz CT molecular complexity index is 870. The lowest BCUT2D eigenvalue weighted by Gasteiger charge is -2.06. The maximum absolute atomic E-state index is 12.1. The fourth-order valence-electron chi connectivity index (χ4n) is 2.38. The van der Waals surface area contributed by atoms with Crippen LogP contribution in [0.3, 0.4) is 0 Å². The van der Waals surface area contributed by atoms with Crippen LogP contribution >= 0.6 is 0 Å². The highest BCUT2D eigenvalue weighted by atomic mass is 16.5. The van der Waals surface area contributed by atoms with Gasteiger partial charge in [-0.2, -0.15) is 0 Å². The van der Waals surface area contributed by atoms with Gasteiger partial charge in [-0.15, -0.1) is 0 Å². The van der Waals surface area contributed by atoms with Crippen LogP contribution in [0.1, 0.15) is 16.8 Å². The third-order valence-electron chi connectivity index (χ3n) is 3.75. The summed E-state index contributed by atoms with van der Waals surface area (Å²) in [6.07, 6.45) is 5.87. The third kappa shape index (κ3) is 5.05. The number of carbonyl (C=O) groups excluding carboxylic acids is 1. The van der Waals surface area contributed by atoms with Crippen LogP contribution in [0.5, 0.6) is 11.5 Å². The SMILES string of the molecule is COc1ccc(CC(=O)Oc2ccc(/C=C/c3ccccn3)cc2)cc1. The molecule has 0 unspecified atom stereocenters. The number of aromatic nitrogens is 1. The van der Waals surface area contributed by atoms with Crippen molar-refractivity contribution in [1.29, 1.82) is 0 Å². The Balaban J connectivity index is 1.56. The van der Waals surface area contributed by atoms with Gasteiger partial charge in [0.2, 0.25) is 0 Å². The molecular formula is C22H19NO3. The summed E-state index contributed by atoms with van der Waals surface area (Å²) in [7, 11) is 1.61. The molecule has 3 rings (SSSR count). The first-order valence-electron chi connectivity index (χ1n) is 8.26. The molecule has 0 aliphatic rings. The van der Waals surface area contributed by atoms with Crippen LogP contribution in [0.15, 0.2) is 72.9 Å². The molecule has 4 heteroatoms. The normalized spacial score (nSPS) is 10.7. The quantitative estimate of drug-likeness (QED) is 0.490. The first-order chi connectivity index (χ1) is 12.7. The minimum atomic E-state index is -0.299. The van der Waals surface area contributed by atoms with E-state index in [0.717, 1.165) is 22.6 Å². The summed E-state index contributed by atoms with van der Waals surface area (Å²) in [4.78, 5) is 16.3. The zero-order chi connectivity index (χ0) is 18.2. The molecule has 3 aromatic rings. The van der Waals surface area contributed by atoms with Crippen molar-refractivity contribution in [2.75, 3.05) is 7.11 Å². The number of methoxy groups -OCH3 is 1. The molecule has 130 valence electrons. The summed E-state index contributed by atoms with van der Waals surface area (Å²) in [6, 6.07) is 20.5. The van der Waals surface area contributed by atoms with Gasteiger partial charge in [-0.3, -0.25) is 9.78 Å². The number of esters is 1. The molecule has 26 heavy (non-hydrogen) atoms. The molecule has 0 atom stereocenters. The van der Waals surface area contributed by atoms with E-state index in [9.17, 15) is 4.79 Å². The molecule has 0 radical (unpaired) electrons. The molecule has 0 spiro atoms. The molecule has 2 aromatic carbocycles. The molecule has 0 fully saturated rings. The predicted molar refractivity (Wildman–Crippen MR) is 102 cm³/mol. The van der Waals surface area contributed by atoms with Gasteiger partial charge in [0.1, 0.15) is 11.5 Å². The van der Waals surface area contributed by atoms with Crippen LogP contribution < -0.4 is 9.47 Å². The second-order valence-corrected chi connectivity index (χ2v) is 5.66. The number of carbonyl (C=O) groups is 1.